The minimum absolute atomic E-state index is 0.0530. The maximum Gasteiger partial charge on any atom is 0.347 e. The van der Waals surface area contributed by atoms with Gasteiger partial charge in [0, 0.05) is 24.3 Å². The fourth-order valence-corrected chi connectivity index (χ4v) is 3.03. The number of hydrogen-bond donors (Lipinski definition) is 1. The summed E-state index contributed by atoms with van der Waals surface area (Å²) in [7, 11) is 1.43. The lowest BCUT2D eigenvalue weighted by molar-refractivity contribution is -0.147. The van der Waals surface area contributed by atoms with Gasteiger partial charge in [-0.25, -0.2) is 9.78 Å². The van der Waals surface area contributed by atoms with Crippen LogP contribution in [-0.2, 0) is 9.53 Å². The van der Waals surface area contributed by atoms with Crippen LogP contribution in [0.1, 0.15) is 5.56 Å². The van der Waals surface area contributed by atoms with Gasteiger partial charge in [0.15, 0.2) is 0 Å². The van der Waals surface area contributed by atoms with Gasteiger partial charge >= 0.3 is 5.97 Å². The number of carboxylic acid groups (broad SMARTS) is 1. The van der Waals surface area contributed by atoms with Crippen molar-refractivity contribution in [2.24, 2.45) is 0 Å². The van der Waals surface area contributed by atoms with Crippen LogP contribution in [0.5, 0.6) is 5.75 Å². The molecule has 0 saturated heterocycles. The summed E-state index contributed by atoms with van der Waals surface area (Å²) in [5.41, 5.74) is 3.16. The van der Waals surface area contributed by atoms with Crippen molar-refractivity contribution in [2.45, 2.75) is 13.0 Å². The van der Waals surface area contributed by atoms with Gasteiger partial charge in [-0.2, -0.15) is 0 Å². The average Bonchev–Trinajstić information content (AvgIpc) is 2.63. The Kier molecular flexibility index (Phi) is 5.40. The summed E-state index contributed by atoms with van der Waals surface area (Å²) < 4.78 is 10.4. The molecule has 1 aromatic heterocycles. The number of methoxy groups -OCH3 is 1. The van der Waals surface area contributed by atoms with Crippen molar-refractivity contribution in [3.8, 4) is 16.9 Å². The predicted molar refractivity (Wildman–Crippen MR) is 101 cm³/mol. The van der Waals surface area contributed by atoms with Gasteiger partial charge in [0.2, 0.25) is 6.10 Å². The zero-order valence-electron chi connectivity index (χ0n) is 14.4. The second kappa shape index (κ2) is 7.72. The molecular weight excluding hydrogens is 354 g/mol. The number of benzene rings is 2. The van der Waals surface area contributed by atoms with E-state index in [-0.39, 0.29) is 6.61 Å². The number of aliphatic carboxylic acids is 1. The number of carbonyl (C=O) groups is 1. The number of pyridine rings is 1. The molecule has 0 fully saturated rings. The Bertz CT molecular complexity index is 958. The van der Waals surface area contributed by atoms with Crippen LogP contribution in [0, 0.1) is 6.92 Å². The van der Waals surface area contributed by atoms with Gasteiger partial charge in [0.1, 0.15) is 10.9 Å². The molecule has 0 aliphatic heterocycles. The summed E-state index contributed by atoms with van der Waals surface area (Å²) >= 11 is 6.28. The third kappa shape index (κ3) is 3.64. The van der Waals surface area contributed by atoms with Crippen molar-refractivity contribution < 1.29 is 19.4 Å². The maximum absolute atomic E-state index is 11.3. The average molecular weight is 372 g/mol. The van der Waals surface area contributed by atoms with Crippen molar-refractivity contribution in [3.05, 3.63) is 59.4 Å². The molecule has 0 aliphatic carbocycles. The van der Waals surface area contributed by atoms with E-state index in [1.165, 1.54) is 7.11 Å². The van der Waals surface area contributed by atoms with E-state index in [0.717, 1.165) is 22.1 Å². The molecule has 0 radical (unpaired) electrons. The summed E-state index contributed by atoms with van der Waals surface area (Å²) in [6.45, 7) is 1.98. The highest BCUT2D eigenvalue weighted by Crippen LogP contribution is 2.35. The maximum atomic E-state index is 11.3. The highest BCUT2D eigenvalue weighted by molar-refractivity contribution is 6.34. The lowest BCUT2D eigenvalue weighted by Gasteiger charge is -2.16. The molecule has 6 heteroatoms. The van der Waals surface area contributed by atoms with Crippen molar-refractivity contribution in [1.29, 1.82) is 0 Å². The summed E-state index contributed by atoms with van der Waals surface area (Å²) in [4.78, 5) is 15.5. The molecular formula is C20H18ClNO4. The first-order valence-electron chi connectivity index (χ1n) is 8.04. The van der Waals surface area contributed by atoms with E-state index in [1.807, 2.05) is 37.3 Å². The summed E-state index contributed by atoms with van der Waals surface area (Å²) in [6, 6.07) is 13.3. The Morgan fingerprint density at radius 1 is 1.19 bits per heavy atom. The Morgan fingerprint density at radius 2 is 1.96 bits per heavy atom. The lowest BCUT2D eigenvalue weighted by atomic mass is 9.97. The molecule has 0 amide bonds. The highest BCUT2D eigenvalue weighted by Gasteiger charge is 2.20. The van der Waals surface area contributed by atoms with Gasteiger partial charge in [-0.05, 0) is 41.6 Å². The van der Waals surface area contributed by atoms with Crippen LogP contribution in [0.2, 0.25) is 5.15 Å². The zero-order valence-corrected chi connectivity index (χ0v) is 15.2. The van der Waals surface area contributed by atoms with Crippen molar-refractivity contribution in [2.75, 3.05) is 13.7 Å². The van der Waals surface area contributed by atoms with Gasteiger partial charge in [0.25, 0.3) is 0 Å². The minimum Gasteiger partial charge on any atom is -0.478 e. The van der Waals surface area contributed by atoms with Crippen molar-refractivity contribution in [1.82, 2.24) is 4.98 Å². The SMILES string of the molecule is COCC(Oc1ccc2c(-c3ccccc3C)cnc(Cl)c2c1)C(=O)O. The standard InChI is InChI=1S/C20H18ClNO4/c1-12-5-3-4-6-14(12)17-10-22-19(21)16-9-13(7-8-15(16)17)26-18(11-25-2)20(23)24/h3-10,18H,11H2,1-2H3,(H,23,24). The summed E-state index contributed by atoms with van der Waals surface area (Å²) in [6.07, 6.45) is 0.655. The number of aryl methyl sites for hydroxylation is 1. The van der Waals surface area contributed by atoms with Crippen LogP contribution in [0.25, 0.3) is 21.9 Å². The molecule has 1 N–H and O–H groups in total. The number of aromatic nitrogens is 1. The molecule has 3 aromatic rings. The van der Waals surface area contributed by atoms with Gasteiger partial charge < -0.3 is 14.6 Å². The Balaban J connectivity index is 2.07. The van der Waals surface area contributed by atoms with Crippen molar-refractivity contribution >= 4 is 28.3 Å². The number of fused-ring (bicyclic) bond motifs is 1. The zero-order chi connectivity index (χ0) is 18.7. The molecule has 1 unspecified atom stereocenters. The van der Waals surface area contributed by atoms with E-state index in [4.69, 9.17) is 21.1 Å². The number of nitrogens with zero attached hydrogens (tertiary/aromatic N) is 1. The predicted octanol–water partition coefficient (Wildman–Crippen LogP) is 4.34. The number of halogens is 1. The first-order chi connectivity index (χ1) is 12.5. The van der Waals surface area contributed by atoms with E-state index in [1.54, 1.807) is 18.3 Å². The molecule has 26 heavy (non-hydrogen) atoms. The van der Waals surface area contributed by atoms with Gasteiger partial charge in [0.05, 0.1) is 6.61 Å². The molecule has 0 aliphatic rings. The summed E-state index contributed by atoms with van der Waals surface area (Å²) in [5.74, 6) is -0.697. The molecule has 0 spiro atoms. The third-order valence-electron chi connectivity index (χ3n) is 4.12. The largest absolute Gasteiger partial charge is 0.478 e. The number of carboxylic acids is 1. The minimum atomic E-state index is -1.09. The van der Waals surface area contributed by atoms with E-state index in [9.17, 15) is 9.90 Å². The quantitative estimate of drug-likeness (QED) is 0.653. The van der Waals surface area contributed by atoms with Crippen LogP contribution < -0.4 is 4.74 Å². The number of rotatable bonds is 6. The van der Waals surface area contributed by atoms with Gasteiger partial charge in [-0.1, -0.05) is 35.9 Å². The van der Waals surface area contributed by atoms with Gasteiger partial charge in [-0.15, -0.1) is 0 Å². The first kappa shape index (κ1) is 18.2. The van der Waals surface area contributed by atoms with E-state index in [0.29, 0.717) is 16.3 Å². The second-order valence-corrected chi connectivity index (χ2v) is 6.24. The lowest BCUT2D eigenvalue weighted by Crippen LogP contribution is -2.31. The Hall–Kier alpha value is -2.63. The van der Waals surface area contributed by atoms with E-state index >= 15 is 0 Å². The highest BCUT2D eigenvalue weighted by atomic mass is 35.5. The van der Waals surface area contributed by atoms with Crippen LogP contribution in [0.4, 0.5) is 0 Å². The third-order valence-corrected chi connectivity index (χ3v) is 4.42. The number of ether oxygens (including phenoxy) is 2. The van der Waals surface area contributed by atoms with Gasteiger partial charge in [-0.3, -0.25) is 0 Å². The molecule has 0 saturated carbocycles. The molecule has 2 aromatic carbocycles. The molecule has 5 nitrogen and oxygen atoms in total. The monoisotopic (exact) mass is 371 g/mol. The fraction of sp³-hybridized carbons (Fsp3) is 0.200. The smallest absolute Gasteiger partial charge is 0.347 e. The fourth-order valence-electron chi connectivity index (χ4n) is 2.82. The molecule has 1 atom stereocenters. The second-order valence-electron chi connectivity index (χ2n) is 5.89. The van der Waals surface area contributed by atoms with Crippen molar-refractivity contribution in [3.63, 3.8) is 0 Å². The molecule has 0 bridgehead atoms. The van der Waals surface area contributed by atoms with Crippen LogP contribution in [-0.4, -0.2) is 35.9 Å². The summed E-state index contributed by atoms with van der Waals surface area (Å²) in [5, 5.41) is 11.2. The molecule has 3 rings (SSSR count). The topological polar surface area (TPSA) is 68.7 Å². The van der Waals surface area contributed by atoms with Crippen LogP contribution in [0.15, 0.2) is 48.7 Å². The van der Waals surface area contributed by atoms with Crippen LogP contribution in [0.3, 0.4) is 0 Å². The number of hydrogen-bond acceptors (Lipinski definition) is 4. The Labute approximate surface area is 156 Å². The van der Waals surface area contributed by atoms with E-state index in [2.05, 4.69) is 4.98 Å². The first-order valence-corrected chi connectivity index (χ1v) is 8.41. The van der Waals surface area contributed by atoms with Crippen LogP contribution >= 0.6 is 11.6 Å². The molecule has 1 heterocycles. The molecule has 134 valence electrons. The van der Waals surface area contributed by atoms with E-state index < -0.39 is 12.1 Å². The Morgan fingerprint density at radius 3 is 2.65 bits per heavy atom. The normalized spacial score (nSPS) is 12.1.